The highest BCUT2D eigenvalue weighted by Crippen LogP contribution is 2.37. The van der Waals surface area contributed by atoms with Gasteiger partial charge in [-0.15, -0.1) is 0 Å². The normalized spacial score (nSPS) is 13.2. The summed E-state index contributed by atoms with van der Waals surface area (Å²) in [5.74, 6) is 0.686. The molecule has 112 valence electrons. The van der Waals surface area contributed by atoms with E-state index in [1.54, 1.807) is 12.4 Å². The molecule has 0 aliphatic heterocycles. The van der Waals surface area contributed by atoms with Crippen LogP contribution in [0, 0.1) is 0 Å². The number of ether oxygens (including phenoxy) is 1. The molecular formula is C18H23NO2. The molecular weight excluding hydrogens is 262 g/mol. The number of nitrogens with zero attached hydrogens (tertiary/aromatic N) is 1. The minimum absolute atomic E-state index is 0.0846. The van der Waals surface area contributed by atoms with E-state index >= 15 is 0 Å². The minimum Gasteiger partial charge on any atom is -0.489 e. The summed E-state index contributed by atoms with van der Waals surface area (Å²) in [6.07, 6.45) is 2.80. The van der Waals surface area contributed by atoms with Crippen LogP contribution in [0.1, 0.15) is 44.9 Å². The molecule has 0 fully saturated rings. The molecule has 21 heavy (non-hydrogen) atoms. The highest BCUT2D eigenvalue weighted by atomic mass is 16.5. The van der Waals surface area contributed by atoms with Gasteiger partial charge < -0.3 is 9.84 Å². The van der Waals surface area contributed by atoms with Crippen LogP contribution in [0.25, 0.3) is 0 Å². The number of benzene rings is 1. The van der Waals surface area contributed by atoms with Gasteiger partial charge in [0.2, 0.25) is 0 Å². The third-order valence-electron chi connectivity index (χ3n) is 3.62. The fraction of sp³-hybridized carbons (Fsp3) is 0.389. The first-order valence-corrected chi connectivity index (χ1v) is 7.26. The lowest BCUT2D eigenvalue weighted by molar-refractivity contribution is 0.0994. The fourth-order valence-electron chi connectivity index (χ4n) is 2.36. The van der Waals surface area contributed by atoms with Crippen LogP contribution in [0.3, 0.4) is 0 Å². The number of pyridine rings is 1. The van der Waals surface area contributed by atoms with Gasteiger partial charge in [0.25, 0.3) is 0 Å². The quantitative estimate of drug-likeness (QED) is 0.906. The number of aliphatic hydroxyl groups is 1. The molecule has 1 aromatic heterocycles. The number of aliphatic hydroxyl groups excluding tert-OH is 1. The van der Waals surface area contributed by atoms with Crippen molar-refractivity contribution in [3.63, 3.8) is 0 Å². The summed E-state index contributed by atoms with van der Waals surface area (Å²) in [6.45, 7) is 8.00. The third-order valence-corrected chi connectivity index (χ3v) is 3.62. The van der Waals surface area contributed by atoms with Crippen molar-refractivity contribution in [2.24, 2.45) is 0 Å². The Morgan fingerprint density at radius 1 is 1.10 bits per heavy atom. The van der Waals surface area contributed by atoms with E-state index in [-0.39, 0.29) is 6.10 Å². The summed E-state index contributed by atoms with van der Waals surface area (Å²) in [4.78, 5) is 4.18. The molecule has 2 aromatic rings. The Balaban J connectivity index is 2.29. The van der Waals surface area contributed by atoms with E-state index in [1.165, 1.54) is 0 Å². The standard InChI is InChI=1S/C18H23NO2/c1-13(2)21-16-10-14(11-19-12-16)17(20)18(3,4)15-8-6-5-7-9-15/h5-13,17,20H,1-4H3. The van der Waals surface area contributed by atoms with Crippen LogP contribution in [0.4, 0.5) is 0 Å². The molecule has 0 amide bonds. The number of hydrogen-bond acceptors (Lipinski definition) is 3. The van der Waals surface area contributed by atoms with Crippen LogP contribution in [0.2, 0.25) is 0 Å². The van der Waals surface area contributed by atoms with E-state index in [0.29, 0.717) is 5.75 Å². The Hall–Kier alpha value is -1.87. The Morgan fingerprint density at radius 2 is 1.76 bits per heavy atom. The van der Waals surface area contributed by atoms with Crippen molar-refractivity contribution in [1.82, 2.24) is 4.98 Å². The number of rotatable bonds is 5. The van der Waals surface area contributed by atoms with Crippen molar-refractivity contribution in [3.8, 4) is 5.75 Å². The second-order valence-electron chi connectivity index (χ2n) is 6.11. The van der Waals surface area contributed by atoms with Crippen molar-refractivity contribution in [2.75, 3.05) is 0 Å². The van der Waals surface area contributed by atoms with E-state index in [4.69, 9.17) is 4.74 Å². The summed E-state index contributed by atoms with van der Waals surface area (Å²) in [5, 5.41) is 10.8. The molecule has 3 heteroatoms. The Labute approximate surface area is 126 Å². The van der Waals surface area contributed by atoms with E-state index in [9.17, 15) is 5.11 Å². The maximum Gasteiger partial charge on any atom is 0.138 e. The SMILES string of the molecule is CC(C)Oc1cncc(C(O)C(C)(C)c2ccccc2)c1. The molecule has 0 saturated carbocycles. The Kier molecular flexibility index (Phi) is 4.63. The molecule has 1 N–H and O–H groups in total. The predicted molar refractivity (Wildman–Crippen MR) is 84.4 cm³/mol. The zero-order valence-electron chi connectivity index (χ0n) is 13.1. The van der Waals surface area contributed by atoms with Crippen LogP contribution in [-0.2, 0) is 5.41 Å². The molecule has 2 rings (SSSR count). The first-order valence-electron chi connectivity index (χ1n) is 7.26. The molecule has 1 heterocycles. The fourth-order valence-corrected chi connectivity index (χ4v) is 2.36. The second kappa shape index (κ2) is 6.27. The van der Waals surface area contributed by atoms with Gasteiger partial charge in [-0.1, -0.05) is 44.2 Å². The summed E-state index contributed by atoms with van der Waals surface area (Å²) >= 11 is 0. The van der Waals surface area contributed by atoms with E-state index in [2.05, 4.69) is 4.98 Å². The van der Waals surface area contributed by atoms with Gasteiger partial charge in [-0.3, -0.25) is 4.98 Å². The van der Waals surface area contributed by atoms with Gasteiger partial charge in [0.1, 0.15) is 5.75 Å². The maximum atomic E-state index is 10.8. The highest BCUT2D eigenvalue weighted by molar-refractivity contribution is 5.32. The first-order chi connectivity index (χ1) is 9.91. The highest BCUT2D eigenvalue weighted by Gasteiger charge is 2.31. The summed E-state index contributed by atoms with van der Waals surface area (Å²) in [6, 6.07) is 11.9. The minimum atomic E-state index is -0.650. The summed E-state index contributed by atoms with van der Waals surface area (Å²) in [5.41, 5.74) is 1.45. The largest absolute Gasteiger partial charge is 0.489 e. The van der Waals surface area contributed by atoms with Crippen LogP contribution < -0.4 is 4.74 Å². The lowest BCUT2D eigenvalue weighted by atomic mass is 9.77. The lowest BCUT2D eigenvalue weighted by Gasteiger charge is -2.31. The van der Waals surface area contributed by atoms with Gasteiger partial charge >= 0.3 is 0 Å². The molecule has 0 radical (unpaired) electrons. The smallest absolute Gasteiger partial charge is 0.138 e. The first kappa shape index (κ1) is 15.5. The molecule has 1 atom stereocenters. The Morgan fingerprint density at radius 3 is 2.38 bits per heavy atom. The van der Waals surface area contributed by atoms with Crippen molar-refractivity contribution in [3.05, 3.63) is 59.9 Å². The second-order valence-corrected chi connectivity index (χ2v) is 6.11. The molecule has 0 spiro atoms. The number of hydrogen-bond donors (Lipinski definition) is 1. The summed E-state index contributed by atoms with van der Waals surface area (Å²) in [7, 11) is 0. The zero-order valence-corrected chi connectivity index (χ0v) is 13.1. The molecule has 1 unspecified atom stereocenters. The van der Waals surface area contributed by atoms with E-state index in [0.717, 1.165) is 11.1 Å². The molecule has 3 nitrogen and oxygen atoms in total. The maximum absolute atomic E-state index is 10.8. The van der Waals surface area contributed by atoms with Crippen LogP contribution in [-0.4, -0.2) is 16.2 Å². The van der Waals surface area contributed by atoms with Crippen molar-refractivity contribution >= 4 is 0 Å². The zero-order chi connectivity index (χ0) is 15.5. The van der Waals surface area contributed by atoms with E-state index < -0.39 is 11.5 Å². The van der Waals surface area contributed by atoms with Gasteiger partial charge in [-0.05, 0) is 25.5 Å². The summed E-state index contributed by atoms with van der Waals surface area (Å²) < 4.78 is 5.65. The molecule has 1 aromatic carbocycles. The van der Waals surface area contributed by atoms with E-state index in [1.807, 2.05) is 64.1 Å². The Bertz CT molecular complexity index is 579. The van der Waals surface area contributed by atoms with Gasteiger partial charge in [0.15, 0.2) is 0 Å². The van der Waals surface area contributed by atoms with Crippen molar-refractivity contribution in [2.45, 2.75) is 45.3 Å². The van der Waals surface area contributed by atoms with Gasteiger partial charge in [0, 0.05) is 17.2 Å². The van der Waals surface area contributed by atoms with Gasteiger partial charge in [-0.25, -0.2) is 0 Å². The van der Waals surface area contributed by atoms with Crippen LogP contribution >= 0.6 is 0 Å². The van der Waals surface area contributed by atoms with Crippen LogP contribution in [0.5, 0.6) is 5.75 Å². The van der Waals surface area contributed by atoms with Crippen LogP contribution in [0.15, 0.2) is 48.8 Å². The molecule has 0 aliphatic rings. The topological polar surface area (TPSA) is 42.4 Å². The monoisotopic (exact) mass is 285 g/mol. The van der Waals surface area contributed by atoms with Gasteiger partial charge in [0.05, 0.1) is 18.4 Å². The van der Waals surface area contributed by atoms with Gasteiger partial charge in [-0.2, -0.15) is 0 Å². The van der Waals surface area contributed by atoms with Crippen molar-refractivity contribution in [1.29, 1.82) is 0 Å². The number of aromatic nitrogens is 1. The molecule has 0 bridgehead atoms. The van der Waals surface area contributed by atoms with Crippen molar-refractivity contribution < 1.29 is 9.84 Å². The lowest BCUT2D eigenvalue weighted by Crippen LogP contribution is -2.27. The molecule has 0 aliphatic carbocycles. The average Bonchev–Trinajstić information content (AvgIpc) is 2.47. The average molecular weight is 285 g/mol. The molecule has 0 saturated heterocycles. The third kappa shape index (κ3) is 3.61. The predicted octanol–water partition coefficient (Wildman–Crippen LogP) is 3.88.